The van der Waals surface area contributed by atoms with Crippen LogP contribution in [0.15, 0.2) is 72.8 Å². The summed E-state index contributed by atoms with van der Waals surface area (Å²) in [4.78, 5) is 37.1. The molecular formula is C25H24FN3O3. The lowest BCUT2D eigenvalue weighted by molar-refractivity contribution is -0.136. The summed E-state index contributed by atoms with van der Waals surface area (Å²) >= 11 is 0. The molecule has 0 saturated carbocycles. The lowest BCUT2D eigenvalue weighted by Crippen LogP contribution is -2.35. The van der Waals surface area contributed by atoms with E-state index < -0.39 is 11.8 Å². The molecule has 0 spiro atoms. The maximum atomic E-state index is 13.0. The fraction of sp³-hybridized carbons (Fsp3) is 0.160. The van der Waals surface area contributed by atoms with Crippen LogP contribution in [0, 0.1) is 5.82 Å². The second kappa shape index (κ2) is 10.9. The number of para-hydroxylation sites is 1. The van der Waals surface area contributed by atoms with Crippen LogP contribution < -0.4 is 16.0 Å². The van der Waals surface area contributed by atoms with Crippen molar-refractivity contribution < 1.29 is 18.8 Å². The Bertz CT molecular complexity index is 1100. The molecule has 3 rings (SSSR count). The van der Waals surface area contributed by atoms with Gasteiger partial charge in [-0.1, -0.05) is 55.5 Å². The van der Waals surface area contributed by atoms with E-state index >= 15 is 0 Å². The molecule has 0 aliphatic heterocycles. The van der Waals surface area contributed by atoms with Crippen molar-refractivity contribution in [3.05, 3.63) is 101 Å². The standard InChI is InChI=1S/C25H24FN3O3/c1-2-17-7-9-18(10-8-17)15-27-23(30)21-5-3-4-6-22(21)29-25(32)24(31)28-16-19-11-13-20(26)14-12-19/h3-14H,2,15-16H2,1H3,(H,27,30)(H,28,31)(H,29,32). The van der Waals surface area contributed by atoms with E-state index in [2.05, 4.69) is 22.9 Å². The molecule has 0 unspecified atom stereocenters. The number of hydrogen-bond acceptors (Lipinski definition) is 3. The summed E-state index contributed by atoms with van der Waals surface area (Å²) in [6.45, 7) is 2.49. The first-order valence-corrected chi connectivity index (χ1v) is 10.2. The van der Waals surface area contributed by atoms with Gasteiger partial charge in [-0.3, -0.25) is 14.4 Å². The van der Waals surface area contributed by atoms with Gasteiger partial charge < -0.3 is 16.0 Å². The van der Waals surface area contributed by atoms with Crippen LogP contribution in [0.1, 0.15) is 34.0 Å². The van der Waals surface area contributed by atoms with Gasteiger partial charge in [0.25, 0.3) is 5.91 Å². The average molecular weight is 433 g/mol. The molecule has 164 valence electrons. The van der Waals surface area contributed by atoms with Gasteiger partial charge in [-0.15, -0.1) is 0 Å². The molecule has 0 aliphatic rings. The SMILES string of the molecule is CCc1ccc(CNC(=O)c2ccccc2NC(=O)C(=O)NCc2ccc(F)cc2)cc1. The zero-order chi connectivity index (χ0) is 22.9. The smallest absolute Gasteiger partial charge is 0.313 e. The topological polar surface area (TPSA) is 87.3 Å². The minimum absolute atomic E-state index is 0.0749. The first-order chi connectivity index (χ1) is 15.5. The molecule has 0 aromatic heterocycles. The predicted octanol–water partition coefficient (Wildman–Crippen LogP) is 3.57. The summed E-state index contributed by atoms with van der Waals surface area (Å²) < 4.78 is 13.0. The van der Waals surface area contributed by atoms with E-state index in [1.54, 1.807) is 24.3 Å². The van der Waals surface area contributed by atoms with Crippen molar-refractivity contribution in [2.24, 2.45) is 0 Å². The molecule has 0 bridgehead atoms. The average Bonchev–Trinajstić information content (AvgIpc) is 2.82. The van der Waals surface area contributed by atoms with Crippen LogP contribution in [0.4, 0.5) is 10.1 Å². The molecule has 3 aromatic carbocycles. The molecule has 0 fully saturated rings. The quantitative estimate of drug-likeness (QED) is 0.498. The Balaban J connectivity index is 1.58. The first kappa shape index (κ1) is 22.7. The highest BCUT2D eigenvalue weighted by molar-refractivity contribution is 6.40. The Hall–Kier alpha value is -4.00. The molecule has 0 aliphatic carbocycles. The van der Waals surface area contributed by atoms with Crippen LogP contribution in [-0.4, -0.2) is 17.7 Å². The van der Waals surface area contributed by atoms with Crippen molar-refractivity contribution in [1.29, 1.82) is 0 Å². The molecule has 32 heavy (non-hydrogen) atoms. The van der Waals surface area contributed by atoms with E-state index in [0.29, 0.717) is 12.1 Å². The van der Waals surface area contributed by atoms with Crippen molar-refractivity contribution in [2.75, 3.05) is 5.32 Å². The largest absolute Gasteiger partial charge is 0.348 e. The number of carbonyl (C=O) groups is 3. The van der Waals surface area contributed by atoms with Crippen LogP contribution >= 0.6 is 0 Å². The number of benzene rings is 3. The maximum absolute atomic E-state index is 13.0. The fourth-order valence-corrected chi connectivity index (χ4v) is 3.00. The van der Waals surface area contributed by atoms with Crippen LogP contribution in [0.3, 0.4) is 0 Å². The third kappa shape index (κ3) is 6.25. The van der Waals surface area contributed by atoms with Gasteiger partial charge in [0.1, 0.15) is 5.82 Å². The molecule has 6 nitrogen and oxygen atoms in total. The Morgan fingerprint density at radius 2 is 1.28 bits per heavy atom. The van der Waals surface area contributed by atoms with Crippen molar-refractivity contribution in [1.82, 2.24) is 10.6 Å². The van der Waals surface area contributed by atoms with Crippen molar-refractivity contribution in [3.8, 4) is 0 Å². The maximum Gasteiger partial charge on any atom is 0.313 e. The second-order valence-corrected chi connectivity index (χ2v) is 7.16. The summed E-state index contributed by atoms with van der Waals surface area (Å²) in [7, 11) is 0. The highest BCUT2D eigenvalue weighted by Gasteiger charge is 2.17. The van der Waals surface area contributed by atoms with E-state index in [1.807, 2.05) is 24.3 Å². The minimum Gasteiger partial charge on any atom is -0.348 e. The van der Waals surface area contributed by atoms with E-state index in [0.717, 1.165) is 12.0 Å². The third-order valence-electron chi connectivity index (χ3n) is 4.88. The van der Waals surface area contributed by atoms with Gasteiger partial charge in [0.05, 0.1) is 11.3 Å². The minimum atomic E-state index is -0.900. The summed E-state index contributed by atoms with van der Waals surface area (Å²) in [5, 5.41) is 7.77. The Morgan fingerprint density at radius 1 is 0.719 bits per heavy atom. The summed E-state index contributed by atoms with van der Waals surface area (Å²) in [5.74, 6) is -2.51. The summed E-state index contributed by atoms with van der Waals surface area (Å²) in [5.41, 5.74) is 3.30. The van der Waals surface area contributed by atoms with Crippen LogP contribution in [0.5, 0.6) is 0 Å². The van der Waals surface area contributed by atoms with Gasteiger partial charge in [0.2, 0.25) is 0 Å². The number of aryl methyl sites for hydroxylation is 1. The van der Waals surface area contributed by atoms with Crippen LogP contribution in [-0.2, 0) is 29.1 Å². The number of halogens is 1. The lowest BCUT2D eigenvalue weighted by Gasteiger charge is -2.12. The molecule has 0 heterocycles. The van der Waals surface area contributed by atoms with Crippen LogP contribution in [0.2, 0.25) is 0 Å². The van der Waals surface area contributed by atoms with Crippen molar-refractivity contribution >= 4 is 23.4 Å². The van der Waals surface area contributed by atoms with E-state index in [9.17, 15) is 18.8 Å². The number of nitrogens with one attached hydrogen (secondary N) is 3. The zero-order valence-corrected chi connectivity index (χ0v) is 17.7. The van der Waals surface area contributed by atoms with Gasteiger partial charge in [-0.2, -0.15) is 0 Å². The van der Waals surface area contributed by atoms with E-state index in [1.165, 1.54) is 29.8 Å². The lowest BCUT2D eigenvalue weighted by atomic mass is 10.1. The predicted molar refractivity (Wildman–Crippen MR) is 120 cm³/mol. The van der Waals surface area contributed by atoms with E-state index in [4.69, 9.17) is 0 Å². The third-order valence-corrected chi connectivity index (χ3v) is 4.88. The van der Waals surface area contributed by atoms with Crippen molar-refractivity contribution in [2.45, 2.75) is 26.4 Å². The Kier molecular flexibility index (Phi) is 7.70. The summed E-state index contributed by atoms with van der Waals surface area (Å²) in [6.07, 6.45) is 0.942. The number of rotatable bonds is 7. The fourth-order valence-electron chi connectivity index (χ4n) is 3.00. The normalized spacial score (nSPS) is 10.3. The van der Waals surface area contributed by atoms with Crippen LogP contribution in [0.25, 0.3) is 0 Å². The van der Waals surface area contributed by atoms with Gasteiger partial charge in [-0.25, -0.2) is 4.39 Å². The number of amides is 3. The molecule has 0 saturated heterocycles. The van der Waals surface area contributed by atoms with Gasteiger partial charge in [0, 0.05) is 13.1 Å². The number of carbonyl (C=O) groups excluding carboxylic acids is 3. The van der Waals surface area contributed by atoms with E-state index in [-0.39, 0.29) is 29.5 Å². The van der Waals surface area contributed by atoms with Gasteiger partial charge in [0.15, 0.2) is 0 Å². The number of anilines is 1. The zero-order valence-electron chi connectivity index (χ0n) is 17.7. The molecule has 0 atom stereocenters. The molecule has 0 radical (unpaired) electrons. The monoisotopic (exact) mass is 433 g/mol. The van der Waals surface area contributed by atoms with Gasteiger partial charge >= 0.3 is 11.8 Å². The first-order valence-electron chi connectivity index (χ1n) is 10.2. The molecular weight excluding hydrogens is 409 g/mol. The molecule has 3 aromatic rings. The molecule has 7 heteroatoms. The Labute approximate surface area is 185 Å². The highest BCUT2D eigenvalue weighted by Crippen LogP contribution is 2.15. The number of hydrogen-bond donors (Lipinski definition) is 3. The molecule has 3 amide bonds. The van der Waals surface area contributed by atoms with Gasteiger partial charge in [-0.05, 0) is 47.4 Å². The Morgan fingerprint density at radius 3 is 1.94 bits per heavy atom. The summed E-state index contributed by atoms with van der Waals surface area (Å²) in [6, 6.07) is 20.0. The second-order valence-electron chi connectivity index (χ2n) is 7.16. The highest BCUT2D eigenvalue weighted by atomic mass is 19.1. The molecule has 3 N–H and O–H groups in total. The van der Waals surface area contributed by atoms with Crippen molar-refractivity contribution in [3.63, 3.8) is 0 Å².